The van der Waals surface area contributed by atoms with Gasteiger partial charge >= 0.3 is 5.97 Å². The summed E-state index contributed by atoms with van der Waals surface area (Å²) < 4.78 is 0. The maximum Gasteiger partial charge on any atom is 0.310 e. The van der Waals surface area contributed by atoms with E-state index in [9.17, 15) is 4.79 Å². The van der Waals surface area contributed by atoms with Crippen molar-refractivity contribution in [3.8, 4) is 0 Å². The first-order valence-corrected chi connectivity index (χ1v) is 3.99. The molecule has 0 aliphatic carbocycles. The van der Waals surface area contributed by atoms with Crippen LogP contribution in [-0.4, -0.2) is 11.1 Å². The summed E-state index contributed by atoms with van der Waals surface area (Å²) in [6, 6.07) is 0. The summed E-state index contributed by atoms with van der Waals surface area (Å²) in [7, 11) is 0. The average Bonchev–Trinajstić information content (AvgIpc) is 1.84. The summed E-state index contributed by atoms with van der Waals surface area (Å²) in [5, 5.41) is 8.60. The van der Waals surface area contributed by atoms with Gasteiger partial charge in [0.25, 0.3) is 0 Å². The van der Waals surface area contributed by atoms with Crippen molar-refractivity contribution in [2.24, 2.45) is 5.92 Å². The first kappa shape index (κ1) is 11.0. The number of aliphatic carboxylic acids is 1. The largest absolute Gasteiger partial charge is 0.481 e. The van der Waals surface area contributed by atoms with Crippen molar-refractivity contribution >= 4 is 5.97 Å². The molecule has 12 heavy (non-hydrogen) atoms. The van der Waals surface area contributed by atoms with E-state index in [1.807, 2.05) is 26.8 Å². The SMILES string of the molecule is CC(C)=C/C(C)=C\C(C)C(=O)O. The van der Waals surface area contributed by atoms with Crippen LogP contribution >= 0.6 is 0 Å². The number of rotatable bonds is 3. The van der Waals surface area contributed by atoms with E-state index in [1.54, 1.807) is 13.0 Å². The van der Waals surface area contributed by atoms with E-state index < -0.39 is 11.9 Å². The molecule has 0 saturated heterocycles. The zero-order chi connectivity index (χ0) is 9.72. The van der Waals surface area contributed by atoms with Gasteiger partial charge in [-0.3, -0.25) is 4.79 Å². The molecule has 0 saturated carbocycles. The molecular formula is C10H16O2. The Balaban J connectivity index is 4.36. The lowest BCUT2D eigenvalue weighted by atomic mass is 10.1. The van der Waals surface area contributed by atoms with Crippen LogP contribution in [0.25, 0.3) is 0 Å². The molecule has 0 radical (unpaired) electrons. The molecule has 1 unspecified atom stereocenters. The third kappa shape index (κ3) is 4.72. The van der Waals surface area contributed by atoms with Gasteiger partial charge in [-0.1, -0.05) is 23.3 Å². The molecule has 0 aromatic carbocycles. The fourth-order valence-corrected chi connectivity index (χ4v) is 0.969. The van der Waals surface area contributed by atoms with E-state index in [0.717, 1.165) is 5.57 Å². The van der Waals surface area contributed by atoms with Gasteiger partial charge in [-0.15, -0.1) is 0 Å². The van der Waals surface area contributed by atoms with Gasteiger partial charge in [-0.2, -0.15) is 0 Å². The number of allylic oxidation sites excluding steroid dienone is 3. The minimum atomic E-state index is -0.781. The Hall–Kier alpha value is -1.05. The van der Waals surface area contributed by atoms with Gasteiger partial charge in [0.15, 0.2) is 0 Å². The molecule has 0 aliphatic rings. The van der Waals surface area contributed by atoms with Gasteiger partial charge < -0.3 is 5.11 Å². The van der Waals surface area contributed by atoms with E-state index in [1.165, 1.54) is 5.57 Å². The number of hydrogen-bond donors (Lipinski definition) is 1. The molecule has 1 N–H and O–H groups in total. The van der Waals surface area contributed by atoms with Gasteiger partial charge in [-0.05, 0) is 27.7 Å². The van der Waals surface area contributed by atoms with Crippen molar-refractivity contribution in [2.75, 3.05) is 0 Å². The minimum Gasteiger partial charge on any atom is -0.481 e. The lowest BCUT2D eigenvalue weighted by molar-refractivity contribution is -0.139. The average molecular weight is 168 g/mol. The molecular weight excluding hydrogens is 152 g/mol. The van der Waals surface area contributed by atoms with Crippen LogP contribution in [-0.2, 0) is 4.79 Å². The minimum absolute atomic E-state index is 0.402. The zero-order valence-electron chi connectivity index (χ0n) is 8.09. The van der Waals surface area contributed by atoms with E-state index in [2.05, 4.69) is 0 Å². The highest BCUT2D eigenvalue weighted by Gasteiger charge is 2.05. The van der Waals surface area contributed by atoms with Crippen molar-refractivity contribution in [1.82, 2.24) is 0 Å². The number of carboxylic acids is 1. The van der Waals surface area contributed by atoms with Gasteiger partial charge in [0.1, 0.15) is 0 Å². The molecule has 0 aliphatic heterocycles. The molecule has 68 valence electrons. The highest BCUT2D eigenvalue weighted by molar-refractivity contribution is 5.71. The highest BCUT2D eigenvalue weighted by Crippen LogP contribution is 2.06. The van der Waals surface area contributed by atoms with Crippen LogP contribution in [0.3, 0.4) is 0 Å². The Morgan fingerprint density at radius 1 is 1.33 bits per heavy atom. The highest BCUT2D eigenvalue weighted by atomic mass is 16.4. The molecule has 0 bridgehead atoms. The summed E-state index contributed by atoms with van der Waals surface area (Å²) in [5.74, 6) is -1.18. The quantitative estimate of drug-likeness (QED) is 0.658. The van der Waals surface area contributed by atoms with Crippen molar-refractivity contribution in [3.63, 3.8) is 0 Å². The van der Waals surface area contributed by atoms with Crippen LogP contribution in [0.5, 0.6) is 0 Å². The summed E-state index contributed by atoms with van der Waals surface area (Å²) in [4.78, 5) is 10.5. The third-order valence-electron chi connectivity index (χ3n) is 1.42. The van der Waals surface area contributed by atoms with Crippen molar-refractivity contribution in [3.05, 3.63) is 23.3 Å². The van der Waals surface area contributed by atoms with Crippen molar-refractivity contribution < 1.29 is 9.90 Å². The zero-order valence-corrected chi connectivity index (χ0v) is 8.09. The smallest absolute Gasteiger partial charge is 0.310 e. The molecule has 2 nitrogen and oxygen atoms in total. The Morgan fingerprint density at radius 2 is 1.83 bits per heavy atom. The van der Waals surface area contributed by atoms with E-state index in [0.29, 0.717) is 0 Å². The van der Waals surface area contributed by atoms with Crippen LogP contribution in [0, 0.1) is 5.92 Å². The maximum absolute atomic E-state index is 10.5. The number of carbonyl (C=O) groups is 1. The molecule has 0 amide bonds. The number of hydrogen-bond acceptors (Lipinski definition) is 1. The van der Waals surface area contributed by atoms with E-state index >= 15 is 0 Å². The fourth-order valence-electron chi connectivity index (χ4n) is 0.969. The number of carboxylic acid groups (broad SMARTS) is 1. The topological polar surface area (TPSA) is 37.3 Å². The monoisotopic (exact) mass is 168 g/mol. The third-order valence-corrected chi connectivity index (χ3v) is 1.42. The summed E-state index contributed by atoms with van der Waals surface area (Å²) >= 11 is 0. The lowest BCUT2D eigenvalue weighted by Crippen LogP contribution is -2.06. The fraction of sp³-hybridized carbons (Fsp3) is 0.500. The summed E-state index contributed by atoms with van der Waals surface area (Å²) in [5.41, 5.74) is 2.19. The Kier molecular flexibility index (Phi) is 4.34. The Labute approximate surface area is 73.6 Å². The van der Waals surface area contributed by atoms with Crippen LogP contribution in [0.15, 0.2) is 23.3 Å². The second-order valence-corrected chi connectivity index (χ2v) is 3.26. The molecule has 0 rings (SSSR count). The Morgan fingerprint density at radius 3 is 2.17 bits per heavy atom. The lowest BCUT2D eigenvalue weighted by Gasteiger charge is -2.00. The van der Waals surface area contributed by atoms with Crippen LogP contribution in [0.1, 0.15) is 27.7 Å². The van der Waals surface area contributed by atoms with Gasteiger partial charge in [0.2, 0.25) is 0 Å². The van der Waals surface area contributed by atoms with Gasteiger partial charge in [-0.25, -0.2) is 0 Å². The molecule has 0 aromatic rings. The predicted octanol–water partition coefficient (Wildman–Crippen LogP) is 2.62. The van der Waals surface area contributed by atoms with Crippen LogP contribution in [0.4, 0.5) is 0 Å². The van der Waals surface area contributed by atoms with Crippen LogP contribution in [0.2, 0.25) is 0 Å². The second kappa shape index (κ2) is 4.75. The maximum atomic E-state index is 10.5. The summed E-state index contributed by atoms with van der Waals surface area (Å²) in [6.07, 6.45) is 3.72. The summed E-state index contributed by atoms with van der Waals surface area (Å²) in [6.45, 7) is 7.56. The first-order chi connectivity index (χ1) is 5.43. The molecule has 1 atom stereocenters. The molecule has 0 aromatic heterocycles. The molecule has 2 heteroatoms. The molecule has 0 fully saturated rings. The van der Waals surface area contributed by atoms with Crippen LogP contribution < -0.4 is 0 Å². The second-order valence-electron chi connectivity index (χ2n) is 3.26. The Bertz CT molecular complexity index is 220. The van der Waals surface area contributed by atoms with Gasteiger partial charge in [0, 0.05) is 0 Å². The first-order valence-electron chi connectivity index (χ1n) is 3.99. The molecule has 0 heterocycles. The standard InChI is InChI=1S/C10H16O2/c1-7(2)5-8(3)6-9(4)10(11)12/h5-6,9H,1-4H3,(H,11,12)/b8-6-. The van der Waals surface area contributed by atoms with E-state index in [4.69, 9.17) is 5.11 Å². The van der Waals surface area contributed by atoms with Gasteiger partial charge in [0.05, 0.1) is 5.92 Å². The van der Waals surface area contributed by atoms with E-state index in [-0.39, 0.29) is 0 Å². The normalized spacial score (nSPS) is 13.8. The van der Waals surface area contributed by atoms with Crippen molar-refractivity contribution in [2.45, 2.75) is 27.7 Å². The predicted molar refractivity (Wildman–Crippen MR) is 50.0 cm³/mol. The van der Waals surface area contributed by atoms with Crippen molar-refractivity contribution in [1.29, 1.82) is 0 Å². The molecule has 0 spiro atoms.